The van der Waals surface area contributed by atoms with Crippen molar-refractivity contribution in [2.24, 2.45) is 9.98 Å². The minimum Gasteiger partial charge on any atom is -0.344 e. The van der Waals surface area contributed by atoms with Crippen molar-refractivity contribution in [2.45, 2.75) is 6.17 Å². The number of amidine groups is 2. The molecule has 0 radical (unpaired) electrons. The Morgan fingerprint density at radius 2 is 0.597 bits per heavy atom. The molecule has 1 N–H and O–H groups in total. The van der Waals surface area contributed by atoms with Gasteiger partial charge in [0.2, 0.25) is 0 Å². The number of hydrogen-bond donors (Lipinski definition) is 1. The number of hydrogen-bond acceptors (Lipinski definition) is 6. The molecule has 0 amide bonds. The van der Waals surface area contributed by atoms with Crippen LogP contribution in [-0.2, 0) is 0 Å². The van der Waals surface area contributed by atoms with Crippen molar-refractivity contribution < 1.29 is 0 Å². The number of aliphatic imine (C=N–C) groups is 2. The third kappa shape index (κ3) is 9.16. The molecule has 340 valence electrons. The highest BCUT2D eigenvalue weighted by Gasteiger charge is 2.22. The van der Waals surface area contributed by atoms with Gasteiger partial charge >= 0.3 is 0 Å². The van der Waals surface area contributed by atoms with Gasteiger partial charge in [-0.25, -0.2) is 24.9 Å². The van der Waals surface area contributed by atoms with Crippen molar-refractivity contribution in [1.29, 1.82) is 0 Å². The molecular weight excluding hydrogens is 877 g/mol. The third-order valence-electron chi connectivity index (χ3n) is 13.0. The molecule has 12 rings (SSSR count). The SMILES string of the molecule is c1ccc(C2=NC(c3cccc(-c4cccc(-c5cccc(-c6cccc(-c7nc(-c8ccccc8-c8ccccc8)nc(-c8ccccc8-c8ccccc8)n7)c6)c5)c4)c3)=NC(c3ccccc3)N2)cc1. The van der Waals surface area contributed by atoms with E-state index in [1.807, 2.05) is 60.7 Å². The number of benzene rings is 10. The third-order valence-corrected chi connectivity index (χ3v) is 13.0. The molecule has 1 aliphatic rings. The summed E-state index contributed by atoms with van der Waals surface area (Å²) < 4.78 is 0. The van der Waals surface area contributed by atoms with E-state index in [1.165, 1.54) is 0 Å². The Labute approximate surface area is 419 Å². The Morgan fingerprint density at radius 1 is 0.264 bits per heavy atom. The molecule has 1 aromatic heterocycles. The zero-order chi connectivity index (χ0) is 48.1. The van der Waals surface area contributed by atoms with Gasteiger partial charge in [-0.15, -0.1) is 0 Å². The van der Waals surface area contributed by atoms with Gasteiger partial charge in [0, 0.05) is 27.8 Å². The van der Waals surface area contributed by atoms with Gasteiger partial charge < -0.3 is 5.32 Å². The predicted octanol–water partition coefficient (Wildman–Crippen LogP) is 15.7. The summed E-state index contributed by atoms with van der Waals surface area (Å²) in [6, 6.07) is 92.6. The molecule has 1 atom stereocenters. The van der Waals surface area contributed by atoms with E-state index in [4.69, 9.17) is 24.9 Å². The topological polar surface area (TPSA) is 75.4 Å². The fourth-order valence-electron chi connectivity index (χ4n) is 9.40. The average molecular weight is 923 g/mol. The van der Waals surface area contributed by atoms with Crippen molar-refractivity contribution in [1.82, 2.24) is 20.3 Å². The van der Waals surface area contributed by atoms with Crippen LogP contribution in [0.25, 0.3) is 89.8 Å². The molecule has 0 fully saturated rings. The zero-order valence-electron chi connectivity index (χ0n) is 39.2. The van der Waals surface area contributed by atoms with E-state index in [9.17, 15) is 0 Å². The normalized spacial score (nSPS) is 13.1. The smallest absolute Gasteiger partial charge is 0.164 e. The quantitative estimate of drug-likeness (QED) is 0.140. The maximum atomic E-state index is 5.26. The van der Waals surface area contributed by atoms with Gasteiger partial charge in [-0.1, -0.05) is 243 Å². The summed E-state index contributed by atoms with van der Waals surface area (Å²) in [5.41, 5.74) is 16.7. The van der Waals surface area contributed by atoms with Gasteiger partial charge in [-0.3, -0.25) is 0 Å². The lowest BCUT2D eigenvalue weighted by molar-refractivity contribution is 0.674. The minimum atomic E-state index is -0.272. The van der Waals surface area contributed by atoms with Crippen molar-refractivity contribution in [3.05, 3.63) is 284 Å². The van der Waals surface area contributed by atoms with Gasteiger partial charge in [-0.05, 0) is 85.5 Å². The van der Waals surface area contributed by atoms with Crippen molar-refractivity contribution in [2.75, 3.05) is 0 Å². The largest absolute Gasteiger partial charge is 0.344 e. The predicted molar refractivity (Wildman–Crippen MR) is 295 cm³/mol. The molecule has 1 unspecified atom stereocenters. The second-order valence-electron chi connectivity index (χ2n) is 17.7. The first kappa shape index (κ1) is 43.6. The van der Waals surface area contributed by atoms with E-state index in [-0.39, 0.29) is 6.17 Å². The van der Waals surface area contributed by atoms with E-state index in [1.54, 1.807) is 0 Å². The van der Waals surface area contributed by atoms with Crippen molar-refractivity contribution in [3.8, 4) is 89.8 Å². The van der Waals surface area contributed by atoms with Crippen LogP contribution >= 0.6 is 0 Å². The average Bonchev–Trinajstić information content (AvgIpc) is 3.48. The molecule has 2 heterocycles. The molecule has 1 aliphatic heterocycles. The fourth-order valence-corrected chi connectivity index (χ4v) is 9.40. The molecule has 72 heavy (non-hydrogen) atoms. The summed E-state index contributed by atoms with van der Waals surface area (Å²) in [6.07, 6.45) is -0.272. The maximum Gasteiger partial charge on any atom is 0.164 e. The standard InChI is InChI=1S/C66H46N6/c1-5-21-45(22-6-1)57-37-13-15-39-59(57)65-70-64(71-66(72-65)60-40-16-14-38-58(60)46-23-7-2-8-24-46)56-36-20-34-54(44-56)52-32-18-30-50(42-52)49-29-17-31-51(41-49)53-33-19-35-55(43-53)63-68-61(47-25-9-3-10-26-47)67-62(69-63)48-27-11-4-12-28-48/h1-44,61H,(H,67,68,69). The van der Waals surface area contributed by atoms with Crippen LogP contribution in [0.5, 0.6) is 0 Å². The maximum absolute atomic E-state index is 5.26. The monoisotopic (exact) mass is 922 g/mol. The van der Waals surface area contributed by atoms with Gasteiger partial charge in [0.25, 0.3) is 0 Å². The van der Waals surface area contributed by atoms with Crippen molar-refractivity contribution in [3.63, 3.8) is 0 Å². The Bertz CT molecular complexity index is 3680. The van der Waals surface area contributed by atoms with Crippen LogP contribution in [0.15, 0.2) is 277 Å². The van der Waals surface area contributed by atoms with Gasteiger partial charge in [0.05, 0.1) is 0 Å². The molecule has 0 bridgehead atoms. The summed E-state index contributed by atoms with van der Waals surface area (Å²) in [4.78, 5) is 26.0. The lowest BCUT2D eigenvalue weighted by atomic mass is 9.95. The van der Waals surface area contributed by atoms with Crippen molar-refractivity contribution >= 4 is 11.7 Å². The highest BCUT2D eigenvalue weighted by Crippen LogP contribution is 2.37. The first-order chi connectivity index (χ1) is 35.7. The van der Waals surface area contributed by atoms with Gasteiger partial charge in [0.15, 0.2) is 23.3 Å². The number of aromatic nitrogens is 3. The highest BCUT2D eigenvalue weighted by molar-refractivity contribution is 6.13. The fraction of sp³-hybridized carbons (Fsp3) is 0.0152. The molecule has 10 aromatic carbocycles. The summed E-state index contributed by atoms with van der Waals surface area (Å²) in [6.45, 7) is 0. The lowest BCUT2D eigenvalue weighted by Gasteiger charge is -2.23. The Hall–Kier alpha value is -9.65. The first-order valence-electron chi connectivity index (χ1n) is 24.2. The van der Waals surface area contributed by atoms with Crippen LogP contribution in [-0.4, -0.2) is 26.6 Å². The molecule has 11 aromatic rings. The molecular formula is C66H46N6. The molecule has 6 nitrogen and oxygen atoms in total. The van der Waals surface area contributed by atoms with Crippen LogP contribution in [0.4, 0.5) is 0 Å². The minimum absolute atomic E-state index is 0.272. The number of nitrogens with zero attached hydrogens (tertiary/aromatic N) is 5. The molecule has 0 saturated heterocycles. The van der Waals surface area contributed by atoms with E-state index in [0.29, 0.717) is 23.3 Å². The summed E-state index contributed by atoms with van der Waals surface area (Å²) in [5.74, 6) is 3.30. The Kier molecular flexibility index (Phi) is 12.0. The zero-order valence-corrected chi connectivity index (χ0v) is 39.2. The van der Waals surface area contributed by atoms with E-state index >= 15 is 0 Å². The highest BCUT2D eigenvalue weighted by atomic mass is 15.2. The second kappa shape index (κ2) is 19.8. The van der Waals surface area contributed by atoms with Gasteiger partial charge in [-0.2, -0.15) is 0 Å². The number of nitrogens with one attached hydrogen (secondary N) is 1. The Balaban J connectivity index is 0.892. The molecule has 0 saturated carbocycles. The first-order valence-corrected chi connectivity index (χ1v) is 24.2. The van der Waals surface area contributed by atoms with E-state index in [2.05, 4.69) is 212 Å². The van der Waals surface area contributed by atoms with Gasteiger partial charge in [0.1, 0.15) is 12.0 Å². The number of rotatable bonds is 11. The van der Waals surface area contributed by atoms with Crippen LogP contribution in [0.2, 0.25) is 0 Å². The van der Waals surface area contributed by atoms with E-state index < -0.39 is 0 Å². The molecule has 0 aliphatic carbocycles. The second-order valence-corrected chi connectivity index (χ2v) is 17.7. The van der Waals surface area contributed by atoms with Crippen LogP contribution in [0, 0.1) is 0 Å². The molecule has 0 spiro atoms. The van der Waals surface area contributed by atoms with Crippen LogP contribution in [0.3, 0.4) is 0 Å². The van der Waals surface area contributed by atoms with Crippen LogP contribution < -0.4 is 5.32 Å². The summed E-state index contributed by atoms with van der Waals surface area (Å²) in [5, 5.41) is 3.57. The summed E-state index contributed by atoms with van der Waals surface area (Å²) in [7, 11) is 0. The Morgan fingerprint density at radius 3 is 1.07 bits per heavy atom. The summed E-state index contributed by atoms with van der Waals surface area (Å²) >= 11 is 0. The lowest BCUT2D eigenvalue weighted by Crippen LogP contribution is -2.33. The molecule has 6 heteroatoms. The van der Waals surface area contributed by atoms with E-state index in [0.717, 1.165) is 94.9 Å². The van der Waals surface area contributed by atoms with Crippen LogP contribution in [0.1, 0.15) is 22.9 Å².